The molecule has 0 bridgehead atoms. The summed E-state index contributed by atoms with van der Waals surface area (Å²) in [6.07, 6.45) is 5.60. The fourth-order valence-electron chi connectivity index (χ4n) is 2.76. The zero-order valence-corrected chi connectivity index (χ0v) is 12.2. The van der Waals surface area contributed by atoms with E-state index in [0.29, 0.717) is 19.6 Å². The highest BCUT2D eigenvalue weighted by Gasteiger charge is 2.59. The van der Waals surface area contributed by atoms with Crippen molar-refractivity contribution in [3.05, 3.63) is 11.6 Å². The average Bonchev–Trinajstić information content (AvgIpc) is 2.31. The summed E-state index contributed by atoms with van der Waals surface area (Å²) in [5, 5.41) is 13.4. The predicted molar refractivity (Wildman–Crippen MR) is 73.7 cm³/mol. The van der Waals surface area contributed by atoms with Crippen LogP contribution >= 0.6 is 0 Å². The zero-order chi connectivity index (χ0) is 14.1. The summed E-state index contributed by atoms with van der Waals surface area (Å²) in [6, 6.07) is 0. The molecule has 0 aromatic rings. The minimum absolute atomic E-state index is 0.0735. The van der Waals surface area contributed by atoms with Gasteiger partial charge < -0.3 is 15.2 Å². The molecule has 2 fully saturated rings. The van der Waals surface area contributed by atoms with Crippen molar-refractivity contribution < 1.29 is 14.6 Å². The van der Waals surface area contributed by atoms with Crippen LogP contribution in [0.25, 0.3) is 0 Å². The van der Waals surface area contributed by atoms with Gasteiger partial charge in [-0.25, -0.2) is 0 Å². The molecular formula is C15H25NO3. The van der Waals surface area contributed by atoms with Crippen molar-refractivity contribution in [1.29, 1.82) is 0 Å². The summed E-state index contributed by atoms with van der Waals surface area (Å²) < 4.78 is 5.60. The van der Waals surface area contributed by atoms with E-state index < -0.39 is 5.60 Å². The van der Waals surface area contributed by atoms with Gasteiger partial charge in [0.25, 0.3) is 0 Å². The Morgan fingerprint density at radius 2 is 2.21 bits per heavy atom. The standard InChI is InChI=1S/C15H25NO3/c1-4-19-12-9-15(18,14(12,2)3)10-16-13(17)8-11-6-5-7-11/h8,12,18H,4-7,9-10H2,1-3H3,(H,16,17)/t12-,15+/m0/s1. The van der Waals surface area contributed by atoms with E-state index in [1.165, 1.54) is 12.0 Å². The molecule has 4 heteroatoms. The first-order chi connectivity index (χ1) is 8.89. The van der Waals surface area contributed by atoms with Crippen LogP contribution in [0.2, 0.25) is 0 Å². The van der Waals surface area contributed by atoms with Crippen molar-refractivity contribution in [3.63, 3.8) is 0 Å². The van der Waals surface area contributed by atoms with Gasteiger partial charge in [0.15, 0.2) is 0 Å². The molecule has 0 saturated heterocycles. The van der Waals surface area contributed by atoms with Crippen LogP contribution in [-0.2, 0) is 9.53 Å². The van der Waals surface area contributed by atoms with Crippen LogP contribution < -0.4 is 5.32 Å². The normalized spacial score (nSPS) is 32.2. The molecule has 2 N–H and O–H groups in total. The molecule has 0 spiro atoms. The first-order valence-electron chi connectivity index (χ1n) is 7.20. The van der Waals surface area contributed by atoms with Crippen LogP contribution in [0.15, 0.2) is 11.6 Å². The Bertz CT molecular complexity index is 383. The smallest absolute Gasteiger partial charge is 0.244 e. The Balaban J connectivity index is 1.84. The van der Waals surface area contributed by atoms with Crippen LogP contribution in [0.1, 0.15) is 46.5 Å². The van der Waals surface area contributed by atoms with Gasteiger partial charge in [0.2, 0.25) is 5.91 Å². The summed E-state index contributed by atoms with van der Waals surface area (Å²) in [7, 11) is 0. The molecule has 1 amide bonds. The molecule has 2 rings (SSSR count). The SMILES string of the molecule is CCO[C@H]1C[C@@](O)(CNC(=O)C=C2CCC2)C1(C)C. The molecular weight excluding hydrogens is 242 g/mol. The molecule has 0 unspecified atom stereocenters. The lowest BCUT2D eigenvalue weighted by Gasteiger charge is -2.57. The number of allylic oxidation sites excluding steroid dienone is 1. The molecule has 2 atom stereocenters. The van der Waals surface area contributed by atoms with E-state index in [-0.39, 0.29) is 17.4 Å². The second-order valence-corrected chi connectivity index (χ2v) is 6.28. The van der Waals surface area contributed by atoms with E-state index >= 15 is 0 Å². The van der Waals surface area contributed by atoms with E-state index in [0.717, 1.165) is 12.8 Å². The van der Waals surface area contributed by atoms with Gasteiger partial charge in [-0.2, -0.15) is 0 Å². The van der Waals surface area contributed by atoms with E-state index in [1.807, 2.05) is 20.8 Å². The van der Waals surface area contributed by atoms with Gasteiger partial charge in [-0.1, -0.05) is 19.4 Å². The van der Waals surface area contributed by atoms with Crippen LogP contribution in [-0.4, -0.2) is 35.9 Å². The molecule has 2 aliphatic rings. The minimum Gasteiger partial charge on any atom is -0.387 e. The lowest BCUT2D eigenvalue weighted by molar-refractivity contribution is -0.238. The number of amides is 1. The Morgan fingerprint density at radius 3 is 2.68 bits per heavy atom. The Labute approximate surface area is 115 Å². The third-order valence-electron chi connectivity index (χ3n) is 4.78. The van der Waals surface area contributed by atoms with Crippen LogP contribution in [0.4, 0.5) is 0 Å². The van der Waals surface area contributed by atoms with Crippen molar-refractivity contribution in [1.82, 2.24) is 5.32 Å². The predicted octanol–water partition coefficient (Wildman–Crippen LogP) is 1.78. The molecule has 0 aliphatic heterocycles. The largest absolute Gasteiger partial charge is 0.387 e. The number of hydrogen-bond donors (Lipinski definition) is 2. The Hall–Kier alpha value is -0.870. The number of carbonyl (C=O) groups excluding carboxylic acids is 1. The molecule has 0 aromatic carbocycles. The molecule has 2 aliphatic carbocycles. The van der Waals surface area contributed by atoms with E-state index in [9.17, 15) is 9.90 Å². The number of aliphatic hydroxyl groups is 1. The van der Waals surface area contributed by atoms with Crippen LogP contribution in [0.3, 0.4) is 0 Å². The summed E-state index contributed by atoms with van der Waals surface area (Å²) in [4.78, 5) is 11.7. The zero-order valence-electron chi connectivity index (χ0n) is 12.2. The lowest BCUT2D eigenvalue weighted by atomic mass is 9.56. The average molecular weight is 267 g/mol. The lowest BCUT2D eigenvalue weighted by Crippen LogP contribution is -2.68. The van der Waals surface area contributed by atoms with Gasteiger partial charge in [0, 0.05) is 31.1 Å². The van der Waals surface area contributed by atoms with Crippen molar-refractivity contribution >= 4 is 5.91 Å². The number of rotatable bonds is 5. The van der Waals surface area contributed by atoms with Crippen molar-refractivity contribution in [3.8, 4) is 0 Å². The third-order valence-corrected chi connectivity index (χ3v) is 4.78. The highest BCUT2D eigenvalue weighted by atomic mass is 16.5. The second-order valence-electron chi connectivity index (χ2n) is 6.28. The number of ether oxygens (including phenoxy) is 1. The molecule has 19 heavy (non-hydrogen) atoms. The Morgan fingerprint density at radius 1 is 1.53 bits per heavy atom. The molecule has 0 radical (unpaired) electrons. The fraction of sp³-hybridized carbons (Fsp3) is 0.800. The maximum atomic E-state index is 11.7. The molecule has 0 aromatic heterocycles. The van der Waals surface area contributed by atoms with Crippen LogP contribution in [0, 0.1) is 5.41 Å². The topological polar surface area (TPSA) is 58.6 Å². The second kappa shape index (κ2) is 5.25. The van der Waals surface area contributed by atoms with Gasteiger partial charge in [-0.05, 0) is 26.2 Å². The maximum Gasteiger partial charge on any atom is 0.244 e. The van der Waals surface area contributed by atoms with E-state index in [4.69, 9.17) is 4.74 Å². The quantitative estimate of drug-likeness (QED) is 0.747. The molecule has 0 heterocycles. The fourth-order valence-corrected chi connectivity index (χ4v) is 2.76. The van der Waals surface area contributed by atoms with Crippen molar-refractivity contribution in [2.75, 3.05) is 13.2 Å². The van der Waals surface area contributed by atoms with Gasteiger partial charge in [-0.15, -0.1) is 0 Å². The van der Waals surface area contributed by atoms with Crippen molar-refractivity contribution in [2.45, 2.75) is 58.2 Å². The van der Waals surface area contributed by atoms with E-state index in [1.54, 1.807) is 6.08 Å². The summed E-state index contributed by atoms with van der Waals surface area (Å²) in [5.41, 5.74) is 0.0325. The summed E-state index contributed by atoms with van der Waals surface area (Å²) in [6.45, 7) is 6.90. The van der Waals surface area contributed by atoms with E-state index in [2.05, 4.69) is 5.32 Å². The molecule has 4 nitrogen and oxygen atoms in total. The molecule has 2 saturated carbocycles. The number of carbonyl (C=O) groups is 1. The van der Waals surface area contributed by atoms with Crippen LogP contribution in [0.5, 0.6) is 0 Å². The van der Waals surface area contributed by atoms with Gasteiger partial charge in [0.1, 0.15) is 0 Å². The van der Waals surface area contributed by atoms with Crippen molar-refractivity contribution in [2.24, 2.45) is 5.41 Å². The van der Waals surface area contributed by atoms with Gasteiger partial charge in [-0.3, -0.25) is 4.79 Å². The third kappa shape index (κ3) is 2.70. The summed E-state index contributed by atoms with van der Waals surface area (Å²) >= 11 is 0. The highest BCUT2D eigenvalue weighted by molar-refractivity contribution is 5.88. The first-order valence-corrected chi connectivity index (χ1v) is 7.20. The maximum absolute atomic E-state index is 11.7. The Kier molecular flexibility index (Phi) is 4.02. The first kappa shape index (κ1) is 14.5. The monoisotopic (exact) mass is 267 g/mol. The van der Waals surface area contributed by atoms with Gasteiger partial charge in [0.05, 0.1) is 11.7 Å². The number of hydrogen-bond acceptors (Lipinski definition) is 3. The molecule has 108 valence electrons. The minimum atomic E-state index is -0.860. The highest BCUT2D eigenvalue weighted by Crippen LogP contribution is 2.50. The number of nitrogens with one attached hydrogen (secondary N) is 1. The van der Waals surface area contributed by atoms with Gasteiger partial charge >= 0.3 is 0 Å². The summed E-state index contributed by atoms with van der Waals surface area (Å²) in [5.74, 6) is -0.0845.